The summed E-state index contributed by atoms with van der Waals surface area (Å²) in [5, 5.41) is 46.9. The summed E-state index contributed by atoms with van der Waals surface area (Å²) >= 11 is 1.45. The molecule has 0 aliphatic heterocycles. The van der Waals surface area contributed by atoms with Crippen molar-refractivity contribution in [2.24, 2.45) is 0 Å². The van der Waals surface area contributed by atoms with E-state index in [1.807, 2.05) is 11.4 Å². The number of rotatable bonds is 9. The number of benzene rings is 2. The first-order valence-corrected chi connectivity index (χ1v) is 10.2. The van der Waals surface area contributed by atoms with E-state index in [2.05, 4.69) is 15.6 Å². The number of aromatic carboxylic acids is 1. The van der Waals surface area contributed by atoms with Crippen molar-refractivity contribution in [3.05, 3.63) is 76.3 Å². The number of thiazole rings is 1. The molecule has 9 nitrogen and oxygen atoms in total. The molecule has 1 heterocycles. The van der Waals surface area contributed by atoms with Crippen molar-refractivity contribution in [3.8, 4) is 5.75 Å². The van der Waals surface area contributed by atoms with Crippen LogP contribution in [0.5, 0.6) is 5.75 Å². The third-order valence-electron chi connectivity index (χ3n) is 4.53. The maximum absolute atomic E-state index is 12.7. The van der Waals surface area contributed by atoms with Crippen LogP contribution < -0.4 is 10.6 Å². The predicted molar refractivity (Wildman–Crippen MR) is 116 cm³/mol. The number of hydrogen-bond donors (Lipinski definition) is 6. The Kier molecular flexibility index (Phi) is 7.24. The van der Waals surface area contributed by atoms with E-state index in [0.717, 1.165) is 10.7 Å². The summed E-state index contributed by atoms with van der Waals surface area (Å²) in [5.74, 6) is -3.50. The summed E-state index contributed by atoms with van der Waals surface area (Å²) in [6.07, 6.45) is 1.50. The Morgan fingerprint density at radius 2 is 1.94 bits per heavy atom. The molecule has 6 N–H and O–H groups in total. The smallest absolute Gasteiger partial charge is 0.475 e. The summed E-state index contributed by atoms with van der Waals surface area (Å²) in [6, 6.07) is 10.9. The number of nitrogens with one attached hydrogen (secondary N) is 2. The standard InChI is InChI=1S/C20H20BN3O6S/c25-17-13(4-2-6-15(17)19(27)28)10-16(21(29)30)24-18(26)14-5-1-3-12(9-14)11-23-20-22-7-8-31-20/h1-9,16,25,29-30H,10-11H2,(H,22,23)(H,24,26)(H,27,28)/t16-/m0/s1. The van der Waals surface area contributed by atoms with E-state index in [1.165, 1.54) is 29.5 Å². The summed E-state index contributed by atoms with van der Waals surface area (Å²) in [4.78, 5) is 28.0. The van der Waals surface area contributed by atoms with Gasteiger partial charge in [0.15, 0.2) is 5.13 Å². The largest absolute Gasteiger partial charge is 0.507 e. The van der Waals surface area contributed by atoms with E-state index in [9.17, 15) is 24.7 Å². The van der Waals surface area contributed by atoms with Crippen molar-refractivity contribution in [2.45, 2.75) is 18.9 Å². The first-order chi connectivity index (χ1) is 14.8. The molecule has 0 radical (unpaired) electrons. The molecule has 3 aromatic rings. The van der Waals surface area contributed by atoms with Crippen LogP contribution in [0.4, 0.5) is 5.13 Å². The minimum Gasteiger partial charge on any atom is -0.507 e. The molecule has 0 saturated carbocycles. The number of hydrogen-bond acceptors (Lipinski definition) is 8. The third-order valence-corrected chi connectivity index (χ3v) is 5.26. The number of carbonyl (C=O) groups excluding carboxylic acids is 1. The number of nitrogens with zero attached hydrogens (tertiary/aromatic N) is 1. The average Bonchev–Trinajstić information content (AvgIpc) is 3.26. The van der Waals surface area contributed by atoms with Gasteiger partial charge < -0.3 is 30.9 Å². The van der Waals surface area contributed by atoms with Crippen molar-refractivity contribution in [1.82, 2.24) is 10.3 Å². The molecule has 0 spiro atoms. The van der Waals surface area contributed by atoms with Gasteiger partial charge in [0.25, 0.3) is 5.91 Å². The molecule has 11 heteroatoms. The minimum atomic E-state index is -1.92. The normalized spacial score (nSPS) is 11.5. The van der Waals surface area contributed by atoms with Gasteiger partial charge in [-0.2, -0.15) is 0 Å². The fraction of sp³-hybridized carbons (Fsp3) is 0.150. The van der Waals surface area contributed by atoms with Gasteiger partial charge in [0, 0.05) is 23.7 Å². The lowest BCUT2D eigenvalue weighted by Crippen LogP contribution is -2.48. The first kappa shape index (κ1) is 22.3. The van der Waals surface area contributed by atoms with Crippen LogP contribution in [-0.2, 0) is 13.0 Å². The Bertz CT molecular complexity index is 1060. The fourth-order valence-corrected chi connectivity index (χ4v) is 3.49. The SMILES string of the molecule is O=C(N[C@@H](Cc1cccc(C(=O)O)c1O)B(O)O)c1cccc(CNc2nccs2)c1. The molecule has 1 atom stereocenters. The molecule has 2 aromatic carbocycles. The second-order valence-corrected chi connectivity index (χ2v) is 7.60. The van der Waals surface area contributed by atoms with Crippen molar-refractivity contribution in [1.29, 1.82) is 0 Å². The number of carboxylic acid groups (broad SMARTS) is 1. The Morgan fingerprint density at radius 3 is 2.61 bits per heavy atom. The molecule has 3 rings (SSSR count). The van der Waals surface area contributed by atoms with Gasteiger partial charge in [-0.15, -0.1) is 11.3 Å². The zero-order chi connectivity index (χ0) is 22.4. The number of para-hydroxylation sites is 1. The highest BCUT2D eigenvalue weighted by Gasteiger charge is 2.28. The zero-order valence-corrected chi connectivity index (χ0v) is 17.0. The molecule has 1 aromatic heterocycles. The number of amides is 1. The van der Waals surface area contributed by atoms with Gasteiger partial charge in [0.1, 0.15) is 11.3 Å². The Hall–Kier alpha value is -3.41. The van der Waals surface area contributed by atoms with Crippen LogP contribution in [0.1, 0.15) is 31.8 Å². The van der Waals surface area contributed by atoms with Gasteiger partial charge in [-0.3, -0.25) is 4.79 Å². The quantitative estimate of drug-likeness (QED) is 0.274. The molecule has 0 fully saturated rings. The van der Waals surface area contributed by atoms with Crippen LogP contribution in [0.25, 0.3) is 0 Å². The van der Waals surface area contributed by atoms with Gasteiger partial charge in [0.05, 0.1) is 5.94 Å². The highest BCUT2D eigenvalue weighted by atomic mass is 32.1. The third kappa shape index (κ3) is 5.82. The van der Waals surface area contributed by atoms with Crippen LogP contribution in [0.2, 0.25) is 0 Å². The lowest BCUT2D eigenvalue weighted by molar-refractivity contribution is 0.0693. The van der Waals surface area contributed by atoms with E-state index in [0.29, 0.717) is 12.1 Å². The summed E-state index contributed by atoms with van der Waals surface area (Å²) < 4.78 is 0. The average molecular weight is 441 g/mol. The van der Waals surface area contributed by atoms with E-state index in [-0.39, 0.29) is 17.5 Å². The molecule has 0 unspecified atom stereocenters. The van der Waals surface area contributed by atoms with Gasteiger partial charge >= 0.3 is 13.1 Å². The number of carboxylic acids is 1. The first-order valence-electron chi connectivity index (χ1n) is 9.28. The minimum absolute atomic E-state index is 0.166. The van der Waals surface area contributed by atoms with Gasteiger partial charge in [0.2, 0.25) is 0 Å². The fourth-order valence-electron chi connectivity index (χ4n) is 2.96. The number of phenols is 1. The Morgan fingerprint density at radius 1 is 1.16 bits per heavy atom. The lowest BCUT2D eigenvalue weighted by atomic mass is 9.75. The molecule has 31 heavy (non-hydrogen) atoms. The zero-order valence-electron chi connectivity index (χ0n) is 16.2. The lowest BCUT2D eigenvalue weighted by Gasteiger charge is -2.19. The van der Waals surface area contributed by atoms with Gasteiger partial charge in [-0.25, -0.2) is 9.78 Å². The summed E-state index contributed by atoms with van der Waals surface area (Å²) in [5.41, 5.74) is 0.999. The summed E-state index contributed by atoms with van der Waals surface area (Å²) in [6.45, 7) is 0.455. The van der Waals surface area contributed by atoms with Gasteiger partial charge in [-0.1, -0.05) is 24.3 Å². The van der Waals surface area contributed by atoms with E-state index in [4.69, 9.17) is 5.11 Å². The maximum Gasteiger partial charge on any atom is 0.475 e. The maximum atomic E-state index is 12.7. The van der Waals surface area contributed by atoms with Crippen molar-refractivity contribution in [3.63, 3.8) is 0 Å². The van der Waals surface area contributed by atoms with E-state index < -0.39 is 30.7 Å². The molecule has 0 aliphatic rings. The van der Waals surface area contributed by atoms with Crippen molar-refractivity contribution < 1.29 is 29.9 Å². The van der Waals surface area contributed by atoms with Gasteiger partial charge in [-0.05, 0) is 35.7 Å². The van der Waals surface area contributed by atoms with E-state index in [1.54, 1.807) is 24.4 Å². The molecule has 0 saturated heterocycles. The monoisotopic (exact) mass is 441 g/mol. The second-order valence-electron chi connectivity index (χ2n) is 6.71. The van der Waals surface area contributed by atoms with Crippen molar-refractivity contribution in [2.75, 3.05) is 5.32 Å². The van der Waals surface area contributed by atoms with Crippen LogP contribution >= 0.6 is 11.3 Å². The molecule has 0 aliphatic carbocycles. The van der Waals surface area contributed by atoms with Crippen molar-refractivity contribution >= 4 is 35.5 Å². The predicted octanol–water partition coefficient (Wildman–Crippen LogP) is 1.51. The highest BCUT2D eigenvalue weighted by molar-refractivity contribution is 7.13. The van der Waals surface area contributed by atoms with E-state index >= 15 is 0 Å². The molecular formula is C20H20BN3O6S. The molecule has 160 valence electrons. The second kappa shape index (κ2) is 10.1. The Balaban J connectivity index is 1.70. The Labute approximate surface area is 182 Å². The van der Waals surface area contributed by atoms with Crippen LogP contribution in [-0.4, -0.2) is 50.2 Å². The number of aromatic hydroxyl groups is 1. The molecule has 0 bridgehead atoms. The van der Waals surface area contributed by atoms with Crippen LogP contribution in [0.15, 0.2) is 54.0 Å². The topological polar surface area (TPSA) is 152 Å². The molecular weight excluding hydrogens is 421 g/mol. The number of anilines is 1. The summed E-state index contributed by atoms with van der Waals surface area (Å²) in [7, 11) is -1.92. The number of carbonyl (C=O) groups is 2. The van der Waals surface area contributed by atoms with Crippen LogP contribution in [0, 0.1) is 0 Å². The highest BCUT2D eigenvalue weighted by Crippen LogP contribution is 2.24. The number of aromatic nitrogens is 1. The molecule has 1 amide bonds. The van der Waals surface area contributed by atoms with Crippen LogP contribution in [0.3, 0.4) is 0 Å².